The Hall–Kier alpha value is -2.71. The number of esters is 1. The SMILES string of the molecule is CN(C)S(=O)(=O)c1ccccc1CNC(=O)COC(=O)c1ccc(C2CCCCC2)cc1. The largest absolute Gasteiger partial charge is 0.452 e. The molecule has 1 fully saturated rings. The van der Waals surface area contributed by atoms with Gasteiger partial charge in [-0.2, -0.15) is 0 Å². The van der Waals surface area contributed by atoms with Crippen LogP contribution in [0.4, 0.5) is 0 Å². The van der Waals surface area contributed by atoms with Crippen molar-refractivity contribution in [2.24, 2.45) is 0 Å². The summed E-state index contributed by atoms with van der Waals surface area (Å²) in [5.41, 5.74) is 2.10. The molecule has 1 N–H and O–H groups in total. The van der Waals surface area contributed by atoms with E-state index in [2.05, 4.69) is 5.32 Å². The summed E-state index contributed by atoms with van der Waals surface area (Å²) in [4.78, 5) is 24.6. The van der Waals surface area contributed by atoms with E-state index in [9.17, 15) is 18.0 Å². The molecule has 0 saturated heterocycles. The Morgan fingerprint density at radius 2 is 1.66 bits per heavy atom. The molecule has 0 aliphatic heterocycles. The second kappa shape index (κ2) is 10.7. The van der Waals surface area contributed by atoms with Crippen LogP contribution >= 0.6 is 0 Å². The number of rotatable bonds is 8. The quantitative estimate of drug-likeness (QED) is 0.612. The first-order chi connectivity index (χ1) is 15.3. The molecule has 0 atom stereocenters. The summed E-state index contributed by atoms with van der Waals surface area (Å²) in [5, 5.41) is 2.61. The van der Waals surface area contributed by atoms with E-state index in [0.717, 1.165) is 4.31 Å². The number of sulfonamides is 1. The highest BCUT2D eigenvalue weighted by Gasteiger charge is 2.21. The summed E-state index contributed by atoms with van der Waals surface area (Å²) < 4.78 is 31.1. The first-order valence-electron chi connectivity index (χ1n) is 10.8. The van der Waals surface area contributed by atoms with E-state index < -0.39 is 28.5 Å². The third kappa shape index (κ3) is 5.95. The summed E-state index contributed by atoms with van der Waals surface area (Å²) >= 11 is 0. The van der Waals surface area contributed by atoms with Crippen molar-refractivity contribution < 1.29 is 22.7 Å². The van der Waals surface area contributed by atoms with Crippen LogP contribution in [0, 0.1) is 0 Å². The molecule has 1 saturated carbocycles. The fourth-order valence-electron chi connectivity index (χ4n) is 3.88. The van der Waals surface area contributed by atoms with Gasteiger partial charge in [0.1, 0.15) is 0 Å². The lowest BCUT2D eigenvalue weighted by molar-refractivity contribution is -0.124. The third-order valence-electron chi connectivity index (χ3n) is 5.76. The summed E-state index contributed by atoms with van der Waals surface area (Å²) in [6.45, 7) is -0.429. The third-order valence-corrected chi connectivity index (χ3v) is 7.68. The monoisotopic (exact) mass is 458 g/mol. The number of hydrogen-bond acceptors (Lipinski definition) is 5. The van der Waals surface area contributed by atoms with Gasteiger partial charge in [0, 0.05) is 20.6 Å². The number of carbonyl (C=O) groups is 2. The van der Waals surface area contributed by atoms with Crippen LogP contribution in [0.2, 0.25) is 0 Å². The van der Waals surface area contributed by atoms with Crippen molar-refractivity contribution in [2.45, 2.75) is 49.5 Å². The molecule has 172 valence electrons. The molecule has 0 aromatic heterocycles. The molecule has 0 spiro atoms. The highest BCUT2D eigenvalue weighted by Crippen LogP contribution is 2.32. The average Bonchev–Trinajstić information content (AvgIpc) is 2.82. The van der Waals surface area contributed by atoms with Crippen LogP contribution in [0.5, 0.6) is 0 Å². The molecule has 8 heteroatoms. The molecular formula is C24H30N2O5S. The highest BCUT2D eigenvalue weighted by atomic mass is 32.2. The predicted molar refractivity (Wildman–Crippen MR) is 122 cm³/mol. The molecule has 32 heavy (non-hydrogen) atoms. The van der Waals surface area contributed by atoms with Gasteiger partial charge in [-0.1, -0.05) is 49.6 Å². The van der Waals surface area contributed by atoms with Gasteiger partial charge in [0.05, 0.1) is 10.5 Å². The lowest BCUT2D eigenvalue weighted by Crippen LogP contribution is -2.30. The lowest BCUT2D eigenvalue weighted by atomic mass is 9.84. The summed E-state index contributed by atoms with van der Waals surface area (Å²) in [6, 6.07) is 13.9. The second-order valence-corrected chi connectivity index (χ2v) is 10.3. The topological polar surface area (TPSA) is 92.8 Å². The fourth-order valence-corrected chi connectivity index (χ4v) is 5.00. The Balaban J connectivity index is 1.52. The molecule has 2 aromatic rings. The minimum atomic E-state index is -3.63. The number of nitrogens with zero attached hydrogens (tertiary/aromatic N) is 1. The van der Waals surface area contributed by atoms with E-state index in [1.807, 2.05) is 12.1 Å². The molecule has 0 radical (unpaired) electrons. The number of ether oxygens (including phenoxy) is 1. The number of amides is 1. The Kier molecular flexibility index (Phi) is 8.04. The van der Waals surface area contributed by atoms with Crippen LogP contribution in [0.3, 0.4) is 0 Å². The smallest absolute Gasteiger partial charge is 0.338 e. The second-order valence-electron chi connectivity index (χ2n) is 8.20. The summed E-state index contributed by atoms with van der Waals surface area (Å²) in [6.07, 6.45) is 6.15. The summed E-state index contributed by atoms with van der Waals surface area (Å²) in [5.74, 6) is -0.515. The van der Waals surface area contributed by atoms with E-state index in [0.29, 0.717) is 17.0 Å². The number of hydrogen-bond donors (Lipinski definition) is 1. The van der Waals surface area contributed by atoms with E-state index in [-0.39, 0.29) is 11.4 Å². The molecule has 1 amide bonds. The van der Waals surface area contributed by atoms with Crippen molar-refractivity contribution >= 4 is 21.9 Å². The molecule has 1 aliphatic rings. The maximum absolute atomic E-state index is 12.4. The summed E-state index contributed by atoms with van der Waals surface area (Å²) in [7, 11) is -0.732. The molecular weight excluding hydrogens is 428 g/mol. The standard InChI is InChI=1S/C24H30N2O5S/c1-26(2)32(29,30)22-11-7-6-10-21(22)16-25-23(27)17-31-24(28)20-14-12-19(13-15-20)18-8-4-3-5-9-18/h6-7,10-15,18H,3-5,8-9,16-17H2,1-2H3,(H,25,27). The van der Waals surface area contributed by atoms with Gasteiger partial charge in [0.25, 0.3) is 5.91 Å². The lowest BCUT2D eigenvalue weighted by Gasteiger charge is -2.21. The molecule has 1 aliphatic carbocycles. The minimum absolute atomic E-state index is 0.00964. The minimum Gasteiger partial charge on any atom is -0.452 e. The maximum Gasteiger partial charge on any atom is 0.338 e. The van der Waals surface area contributed by atoms with Crippen LogP contribution in [-0.2, 0) is 26.1 Å². The molecule has 0 heterocycles. The van der Waals surface area contributed by atoms with Crippen LogP contribution in [0.1, 0.15) is 59.5 Å². The average molecular weight is 459 g/mol. The fraction of sp³-hybridized carbons (Fsp3) is 0.417. The first-order valence-corrected chi connectivity index (χ1v) is 12.3. The van der Waals surface area contributed by atoms with Crippen LogP contribution in [0.15, 0.2) is 53.4 Å². The Morgan fingerprint density at radius 1 is 1.00 bits per heavy atom. The van der Waals surface area contributed by atoms with Crippen molar-refractivity contribution in [1.82, 2.24) is 9.62 Å². The van der Waals surface area contributed by atoms with E-state index in [1.165, 1.54) is 57.8 Å². The van der Waals surface area contributed by atoms with Gasteiger partial charge in [-0.25, -0.2) is 17.5 Å². The van der Waals surface area contributed by atoms with Crippen molar-refractivity contribution in [1.29, 1.82) is 0 Å². The predicted octanol–water partition coefficient (Wildman–Crippen LogP) is 3.46. The van der Waals surface area contributed by atoms with Crippen molar-refractivity contribution in [3.05, 3.63) is 65.2 Å². The van der Waals surface area contributed by atoms with E-state index in [4.69, 9.17) is 4.74 Å². The van der Waals surface area contributed by atoms with Gasteiger partial charge in [-0.15, -0.1) is 0 Å². The number of carbonyl (C=O) groups excluding carboxylic acids is 2. The van der Waals surface area contributed by atoms with Gasteiger partial charge < -0.3 is 10.1 Å². The molecule has 0 unspecified atom stereocenters. The zero-order valence-corrected chi connectivity index (χ0v) is 19.4. The Bertz CT molecular complexity index is 1040. The maximum atomic E-state index is 12.4. The zero-order valence-electron chi connectivity index (χ0n) is 18.5. The van der Waals surface area contributed by atoms with E-state index in [1.54, 1.807) is 30.3 Å². The van der Waals surface area contributed by atoms with Crippen molar-refractivity contribution in [3.63, 3.8) is 0 Å². The highest BCUT2D eigenvalue weighted by molar-refractivity contribution is 7.89. The van der Waals surface area contributed by atoms with Gasteiger partial charge >= 0.3 is 5.97 Å². The van der Waals surface area contributed by atoms with Gasteiger partial charge in [-0.05, 0) is 48.1 Å². The number of nitrogens with one attached hydrogen (secondary N) is 1. The molecule has 7 nitrogen and oxygen atoms in total. The van der Waals surface area contributed by atoms with Crippen LogP contribution in [-0.4, -0.2) is 45.3 Å². The normalized spacial score (nSPS) is 14.8. The first kappa shape index (κ1) is 23.9. The van der Waals surface area contributed by atoms with Crippen LogP contribution in [0.25, 0.3) is 0 Å². The van der Waals surface area contributed by atoms with Crippen molar-refractivity contribution in [3.8, 4) is 0 Å². The Labute approximate surface area is 189 Å². The van der Waals surface area contributed by atoms with Gasteiger partial charge in [0.2, 0.25) is 10.0 Å². The van der Waals surface area contributed by atoms with Crippen molar-refractivity contribution in [2.75, 3.05) is 20.7 Å². The van der Waals surface area contributed by atoms with Gasteiger partial charge in [0.15, 0.2) is 6.61 Å². The molecule has 2 aromatic carbocycles. The molecule has 3 rings (SSSR count). The van der Waals surface area contributed by atoms with E-state index >= 15 is 0 Å². The van der Waals surface area contributed by atoms with Crippen LogP contribution < -0.4 is 5.32 Å². The number of benzene rings is 2. The Morgan fingerprint density at radius 3 is 2.31 bits per heavy atom. The molecule has 0 bridgehead atoms. The zero-order chi connectivity index (χ0) is 23.1. The van der Waals surface area contributed by atoms with Gasteiger partial charge in [-0.3, -0.25) is 4.79 Å².